The third-order valence-electron chi connectivity index (χ3n) is 3.07. The molecule has 0 aliphatic heterocycles. The van der Waals surface area contributed by atoms with Gasteiger partial charge in [-0.15, -0.1) is 0 Å². The summed E-state index contributed by atoms with van der Waals surface area (Å²) < 4.78 is 42.0. The van der Waals surface area contributed by atoms with Crippen molar-refractivity contribution in [1.29, 1.82) is 0 Å². The van der Waals surface area contributed by atoms with Crippen molar-refractivity contribution < 1.29 is 13.2 Å². The van der Waals surface area contributed by atoms with E-state index in [1.54, 1.807) is 26.0 Å². The molecule has 1 unspecified atom stereocenters. The molecule has 1 N–H and O–H groups in total. The molecule has 106 valence electrons. The minimum atomic E-state index is -0.697. The fourth-order valence-corrected chi connectivity index (χ4v) is 2.27. The number of aryl methyl sites for hydroxylation is 1. The second-order valence-electron chi connectivity index (χ2n) is 4.59. The van der Waals surface area contributed by atoms with Crippen LogP contribution in [0.15, 0.2) is 34.8 Å². The zero-order valence-electron chi connectivity index (χ0n) is 11.0. The van der Waals surface area contributed by atoms with Gasteiger partial charge in [-0.1, -0.05) is 28.1 Å². The molecule has 0 aliphatic rings. The molecule has 2 rings (SSSR count). The first-order valence-corrected chi connectivity index (χ1v) is 6.85. The minimum Gasteiger partial charge on any atom is -0.374 e. The van der Waals surface area contributed by atoms with Crippen molar-refractivity contribution in [1.82, 2.24) is 0 Å². The molecule has 0 amide bonds. The van der Waals surface area contributed by atoms with Crippen molar-refractivity contribution in [2.24, 2.45) is 0 Å². The number of anilines is 1. The van der Waals surface area contributed by atoms with E-state index in [2.05, 4.69) is 21.2 Å². The molecule has 0 spiro atoms. The Hall–Kier alpha value is -1.49. The molecule has 0 aromatic heterocycles. The van der Waals surface area contributed by atoms with Gasteiger partial charge in [0.2, 0.25) is 0 Å². The topological polar surface area (TPSA) is 12.0 Å². The van der Waals surface area contributed by atoms with Crippen LogP contribution in [-0.4, -0.2) is 0 Å². The third kappa shape index (κ3) is 2.98. The molecule has 0 aliphatic carbocycles. The summed E-state index contributed by atoms with van der Waals surface area (Å²) in [4.78, 5) is 0. The van der Waals surface area contributed by atoms with Gasteiger partial charge in [-0.25, -0.2) is 13.2 Å². The first-order valence-electron chi connectivity index (χ1n) is 6.06. The van der Waals surface area contributed by atoms with Crippen molar-refractivity contribution in [3.63, 3.8) is 0 Å². The van der Waals surface area contributed by atoms with Crippen molar-refractivity contribution >= 4 is 21.6 Å². The molecule has 0 fully saturated rings. The molecular formula is C15H13BrF3N. The summed E-state index contributed by atoms with van der Waals surface area (Å²) in [5.74, 6) is -1.79. The van der Waals surface area contributed by atoms with Crippen LogP contribution in [0.3, 0.4) is 0 Å². The van der Waals surface area contributed by atoms with Gasteiger partial charge >= 0.3 is 0 Å². The number of nitrogens with one attached hydrogen (secondary N) is 1. The van der Waals surface area contributed by atoms with E-state index in [-0.39, 0.29) is 5.69 Å². The Morgan fingerprint density at radius 1 is 1.05 bits per heavy atom. The summed E-state index contributed by atoms with van der Waals surface area (Å²) in [6.07, 6.45) is 0. The van der Waals surface area contributed by atoms with Crippen LogP contribution in [0.1, 0.15) is 24.1 Å². The van der Waals surface area contributed by atoms with Gasteiger partial charge in [0.05, 0.1) is 6.04 Å². The van der Waals surface area contributed by atoms with Crippen molar-refractivity contribution in [3.05, 3.63) is 63.4 Å². The highest BCUT2D eigenvalue weighted by Gasteiger charge is 2.17. The quantitative estimate of drug-likeness (QED) is 0.792. The second kappa shape index (κ2) is 5.87. The van der Waals surface area contributed by atoms with E-state index < -0.39 is 23.5 Å². The third-order valence-corrected chi connectivity index (χ3v) is 3.57. The Kier molecular flexibility index (Phi) is 4.38. The maximum absolute atomic E-state index is 13.9. The lowest BCUT2D eigenvalue weighted by atomic mass is 10.1. The first-order chi connectivity index (χ1) is 9.40. The zero-order chi connectivity index (χ0) is 14.9. The molecule has 20 heavy (non-hydrogen) atoms. The Bertz CT molecular complexity index is 643. The second-order valence-corrected chi connectivity index (χ2v) is 5.50. The Morgan fingerprint density at radius 3 is 2.40 bits per heavy atom. The van der Waals surface area contributed by atoms with E-state index in [0.717, 1.165) is 0 Å². The van der Waals surface area contributed by atoms with Gasteiger partial charge in [-0.3, -0.25) is 0 Å². The smallest absolute Gasteiger partial charge is 0.152 e. The highest BCUT2D eigenvalue weighted by Crippen LogP contribution is 2.28. The van der Waals surface area contributed by atoms with E-state index in [0.29, 0.717) is 15.6 Å². The van der Waals surface area contributed by atoms with Crippen LogP contribution in [0.2, 0.25) is 0 Å². The lowest BCUT2D eigenvalue weighted by Crippen LogP contribution is -2.11. The summed E-state index contributed by atoms with van der Waals surface area (Å²) in [6, 6.07) is 6.55. The number of hydrogen-bond donors (Lipinski definition) is 1. The monoisotopic (exact) mass is 343 g/mol. The Balaban J connectivity index is 2.32. The Labute approximate surface area is 123 Å². The van der Waals surface area contributed by atoms with Crippen LogP contribution >= 0.6 is 15.9 Å². The number of rotatable bonds is 3. The van der Waals surface area contributed by atoms with E-state index in [9.17, 15) is 13.2 Å². The summed E-state index contributed by atoms with van der Waals surface area (Å²) in [6.45, 7) is 3.19. The lowest BCUT2D eigenvalue weighted by molar-refractivity contribution is 0.572. The van der Waals surface area contributed by atoms with Gasteiger partial charge in [0.25, 0.3) is 0 Å². The van der Waals surface area contributed by atoms with Crippen molar-refractivity contribution in [2.75, 3.05) is 5.32 Å². The average molecular weight is 344 g/mol. The molecule has 1 atom stereocenters. The fourth-order valence-electron chi connectivity index (χ4n) is 1.94. The van der Waals surface area contributed by atoms with Gasteiger partial charge in [-0.05, 0) is 37.6 Å². The van der Waals surface area contributed by atoms with Crippen LogP contribution in [0.25, 0.3) is 0 Å². The van der Waals surface area contributed by atoms with Crippen LogP contribution in [0.5, 0.6) is 0 Å². The zero-order valence-corrected chi connectivity index (χ0v) is 12.6. The normalized spacial score (nSPS) is 12.3. The number of benzene rings is 2. The van der Waals surface area contributed by atoms with E-state index in [1.807, 2.05) is 0 Å². The molecule has 0 heterocycles. The van der Waals surface area contributed by atoms with Gasteiger partial charge in [-0.2, -0.15) is 0 Å². The average Bonchev–Trinajstić information content (AvgIpc) is 2.39. The van der Waals surface area contributed by atoms with Crippen LogP contribution < -0.4 is 5.32 Å². The molecule has 0 saturated heterocycles. The molecule has 0 bridgehead atoms. The SMILES string of the molecule is Cc1ccc(F)c(NC(C)c2ccc(Br)cc2F)c1F. The molecule has 2 aromatic rings. The molecule has 0 saturated carbocycles. The molecule has 1 nitrogen and oxygen atoms in total. The van der Waals surface area contributed by atoms with Gasteiger partial charge in [0, 0.05) is 10.0 Å². The van der Waals surface area contributed by atoms with E-state index in [4.69, 9.17) is 0 Å². The first kappa shape index (κ1) is 14.9. The molecule has 5 heteroatoms. The predicted molar refractivity (Wildman–Crippen MR) is 77.2 cm³/mol. The van der Waals surface area contributed by atoms with Crippen LogP contribution in [0.4, 0.5) is 18.9 Å². The van der Waals surface area contributed by atoms with Gasteiger partial charge < -0.3 is 5.32 Å². The van der Waals surface area contributed by atoms with Crippen LogP contribution in [0, 0.1) is 24.4 Å². The number of hydrogen-bond acceptors (Lipinski definition) is 1. The summed E-state index contributed by atoms with van der Waals surface area (Å²) in [5.41, 5.74) is 0.436. The van der Waals surface area contributed by atoms with Crippen molar-refractivity contribution in [3.8, 4) is 0 Å². The van der Waals surface area contributed by atoms with Crippen LogP contribution in [-0.2, 0) is 0 Å². The highest BCUT2D eigenvalue weighted by molar-refractivity contribution is 9.10. The minimum absolute atomic E-state index is 0.236. The fraction of sp³-hybridized carbons (Fsp3) is 0.200. The standard InChI is InChI=1S/C15H13BrF3N/c1-8-3-6-12(17)15(14(8)19)20-9(2)11-5-4-10(16)7-13(11)18/h3-7,9,20H,1-2H3. The lowest BCUT2D eigenvalue weighted by Gasteiger charge is -2.18. The largest absolute Gasteiger partial charge is 0.374 e. The highest BCUT2D eigenvalue weighted by atomic mass is 79.9. The predicted octanol–water partition coefficient (Wildman–Crippen LogP) is 5.35. The number of halogens is 4. The maximum Gasteiger partial charge on any atom is 0.152 e. The molecule has 0 radical (unpaired) electrons. The molecule has 2 aromatic carbocycles. The summed E-state index contributed by atoms with van der Waals surface area (Å²) >= 11 is 3.16. The summed E-state index contributed by atoms with van der Waals surface area (Å²) in [5, 5.41) is 2.69. The maximum atomic E-state index is 13.9. The van der Waals surface area contributed by atoms with E-state index in [1.165, 1.54) is 18.2 Å². The Morgan fingerprint density at radius 2 is 1.75 bits per heavy atom. The van der Waals surface area contributed by atoms with E-state index >= 15 is 0 Å². The van der Waals surface area contributed by atoms with Crippen molar-refractivity contribution in [2.45, 2.75) is 19.9 Å². The van der Waals surface area contributed by atoms with Gasteiger partial charge in [0.15, 0.2) is 5.82 Å². The molecular weight excluding hydrogens is 331 g/mol. The van der Waals surface area contributed by atoms with Gasteiger partial charge in [0.1, 0.15) is 17.3 Å². The summed E-state index contributed by atoms with van der Waals surface area (Å²) in [7, 11) is 0.